The van der Waals surface area contributed by atoms with E-state index in [4.69, 9.17) is 9.47 Å². The average molecular weight is 370 g/mol. The van der Waals surface area contributed by atoms with Gasteiger partial charge in [-0.25, -0.2) is 4.98 Å². The van der Waals surface area contributed by atoms with Crippen molar-refractivity contribution in [3.05, 3.63) is 52.7 Å². The lowest BCUT2D eigenvalue weighted by Crippen LogP contribution is -2.27. The van der Waals surface area contributed by atoms with Crippen molar-refractivity contribution in [1.29, 1.82) is 0 Å². The van der Waals surface area contributed by atoms with Crippen molar-refractivity contribution in [2.24, 2.45) is 7.05 Å². The van der Waals surface area contributed by atoms with E-state index in [0.717, 1.165) is 11.3 Å². The van der Waals surface area contributed by atoms with Crippen LogP contribution in [-0.4, -0.2) is 46.7 Å². The maximum atomic E-state index is 12.7. The Morgan fingerprint density at radius 3 is 2.63 bits per heavy atom. The van der Waals surface area contributed by atoms with E-state index in [0.29, 0.717) is 25.5 Å². The Kier molecular flexibility index (Phi) is 5.56. The number of rotatable bonds is 7. The lowest BCUT2D eigenvalue weighted by atomic mass is 10.1. The summed E-state index contributed by atoms with van der Waals surface area (Å²) < 4.78 is 13.5. The number of aromatic nitrogens is 3. The first-order valence-electron chi connectivity index (χ1n) is 8.64. The van der Waals surface area contributed by atoms with Gasteiger partial charge in [0, 0.05) is 38.2 Å². The maximum absolute atomic E-state index is 12.7. The van der Waals surface area contributed by atoms with Gasteiger partial charge in [-0.3, -0.25) is 14.0 Å². The predicted molar refractivity (Wildman–Crippen MR) is 101 cm³/mol. The Morgan fingerprint density at radius 1 is 1.22 bits per heavy atom. The Balaban J connectivity index is 1.93. The highest BCUT2D eigenvalue weighted by molar-refractivity contribution is 5.92. The third-order valence-corrected chi connectivity index (χ3v) is 4.21. The van der Waals surface area contributed by atoms with Crippen LogP contribution in [0.4, 0.5) is 0 Å². The number of imidazole rings is 1. The van der Waals surface area contributed by atoms with Crippen LogP contribution in [0.25, 0.3) is 16.9 Å². The number of benzene rings is 1. The summed E-state index contributed by atoms with van der Waals surface area (Å²) in [7, 11) is 3.28. The fourth-order valence-electron chi connectivity index (χ4n) is 2.74. The van der Waals surface area contributed by atoms with Crippen molar-refractivity contribution in [2.45, 2.75) is 6.92 Å². The minimum atomic E-state index is -0.341. The molecule has 0 spiro atoms. The molecule has 0 radical (unpaired) electrons. The minimum absolute atomic E-state index is 0.190. The van der Waals surface area contributed by atoms with Gasteiger partial charge in [0.25, 0.3) is 11.5 Å². The van der Waals surface area contributed by atoms with Crippen molar-refractivity contribution in [3.63, 3.8) is 0 Å². The fraction of sp³-hybridized carbons (Fsp3) is 0.316. The van der Waals surface area contributed by atoms with Crippen molar-refractivity contribution in [1.82, 2.24) is 19.3 Å². The van der Waals surface area contributed by atoms with Gasteiger partial charge in [-0.05, 0) is 31.2 Å². The zero-order valence-corrected chi connectivity index (χ0v) is 15.6. The van der Waals surface area contributed by atoms with E-state index in [2.05, 4.69) is 10.3 Å². The molecule has 0 saturated heterocycles. The molecule has 1 N–H and O–H groups in total. The summed E-state index contributed by atoms with van der Waals surface area (Å²) >= 11 is 0. The number of amides is 1. The van der Waals surface area contributed by atoms with Crippen LogP contribution < -0.4 is 15.6 Å². The molecule has 2 aromatic heterocycles. The summed E-state index contributed by atoms with van der Waals surface area (Å²) in [5, 5.41) is 2.73. The van der Waals surface area contributed by atoms with E-state index in [9.17, 15) is 9.59 Å². The number of hydrogen-bond donors (Lipinski definition) is 1. The van der Waals surface area contributed by atoms with E-state index in [1.54, 1.807) is 31.0 Å². The molecule has 0 fully saturated rings. The van der Waals surface area contributed by atoms with Crippen molar-refractivity contribution in [2.75, 3.05) is 26.9 Å². The molecule has 0 bridgehead atoms. The molecule has 8 nitrogen and oxygen atoms in total. The van der Waals surface area contributed by atoms with E-state index >= 15 is 0 Å². The molecule has 0 saturated carbocycles. The van der Waals surface area contributed by atoms with Crippen molar-refractivity contribution < 1.29 is 14.3 Å². The zero-order valence-electron chi connectivity index (χ0n) is 15.6. The second-order valence-corrected chi connectivity index (χ2v) is 5.92. The second kappa shape index (κ2) is 8.05. The summed E-state index contributed by atoms with van der Waals surface area (Å²) in [6, 6.07) is 7.40. The summed E-state index contributed by atoms with van der Waals surface area (Å²) in [5.41, 5.74) is 1.67. The number of methoxy groups -OCH3 is 1. The van der Waals surface area contributed by atoms with Gasteiger partial charge < -0.3 is 19.4 Å². The molecule has 0 aliphatic carbocycles. The van der Waals surface area contributed by atoms with E-state index in [1.165, 1.54) is 4.57 Å². The molecule has 1 aromatic carbocycles. The Morgan fingerprint density at radius 2 is 1.96 bits per heavy atom. The van der Waals surface area contributed by atoms with Crippen molar-refractivity contribution >= 4 is 11.6 Å². The standard InChI is InChI=1S/C19H22N4O4/c1-4-27-10-9-20-18(24)15-11-23-12-16(22(2)19(25)17(23)21-15)13-5-7-14(26-3)8-6-13/h5-8,11-12H,4,9-10H2,1-3H3,(H,20,24). The monoisotopic (exact) mass is 370 g/mol. The number of nitrogens with one attached hydrogen (secondary N) is 1. The van der Waals surface area contributed by atoms with Gasteiger partial charge in [0.1, 0.15) is 11.4 Å². The molecule has 0 atom stereocenters. The molecule has 2 heterocycles. The van der Waals surface area contributed by atoms with Gasteiger partial charge in [-0.15, -0.1) is 0 Å². The van der Waals surface area contributed by atoms with Crippen LogP contribution in [0.5, 0.6) is 5.75 Å². The van der Waals surface area contributed by atoms with Gasteiger partial charge >= 0.3 is 0 Å². The number of fused-ring (bicyclic) bond motifs is 1. The molecule has 27 heavy (non-hydrogen) atoms. The lowest BCUT2D eigenvalue weighted by molar-refractivity contribution is 0.0918. The summed E-state index contributed by atoms with van der Waals surface area (Å²) in [6.45, 7) is 3.29. The molecule has 8 heteroatoms. The van der Waals surface area contributed by atoms with Gasteiger partial charge in [0.15, 0.2) is 0 Å². The topological polar surface area (TPSA) is 86.9 Å². The first kappa shape index (κ1) is 18.7. The number of carbonyl (C=O) groups is 1. The number of nitrogens with zero attached hydrogens (tertiary/aromatic N) is 3. The highest BCUT2D eigenvalue weighted by Crippen LogP contribution is 2.21. The third-order valence-electron chi connectivity index (χ3n) is 4.21. The molecule has 1 amide bonds. The first-order valence-corrected chi connectivity index (χ1v) is 8.64. The second-order valence-electron chi connectivity index (χ2n) is 5.92. The average Bonchev–Trinajstić information content (AvgIpc) is 3.12. The zero-order chi connectivity index (χ0) is 19.4. The minimum Gasteiger partial charge on any atom is -0.497 e. The highest BCUT2D eigenvalue weighted by atomic mass is 16.5. The van der Waals surface area contributed by atoms with E-state index < -0.39 is 0 Å². The van der Waals surface area contributed by atoms with Gasteiger partial charge in [-0.1, -0.05) is 0 Å². The molecule has 0 aliphatic rings. The molecular formula is C19H22N4O4. The smallest absolute Gasteiger partial charge is 0.294 e. The lowest BCUT2D eigenvalue weighted by Gasteiger charge is -2.09. The molecule has 0 unspecified atom stereocenters. The summed E-state index contributed by atoms with van der Waals surface area (Å²) in [5.74, 6) is 0.393. The number of hydrogen-bond acceptors (Lipinski definition) is 5. The number of ether oxygens (including phenoxy) is 2. The first-order chi connectivity index (χ1) is 13.0. The molecule has 3 aromatic rings. The summed E-state index contributed by atoms with van der Waals surface area (Å²) in [4.78, 5) is 29.1. The van der Waals surface area contributed by atoms with Crippen LogP contribution in [0.1, 0.15) is 17.4 Å². The van der Waals surface area contributed by atoms with Gasteiger partial charge in [0.05, 0.1) is 19.4 Å². The van der Waals surface area contributed by atoms with Gasteiger partial charge in [0.2, 0.25) is 5.65 Å². The van der Waals surface area contributed by atoms with E-state index in [-0.39, 0.29) is 22.8 Å². The van der Waals surface area contributed by atoms with Crippen LogP contribution in [-0.2, 0) is 11.8 Å². The van der Waals surface area contributed by atoms with Crippen LogP contribution in [0.3, 0.4) is 0 Å². The normalized spacial score (nSPS) is 10.9. The van der Waals surface area contributed by atoms with Crippen LogP contribution in [0.15, 0.2) is 41.5 Å². The largest absolute Gasteiger partial charge is 0.497 e. The Hall–Kier alpha value is -3.13. The molecular weight excluding hydrogens is 348 g/mol. The van der Waals surface area contributed by atoms with Crippen LogP contribution in [0, 0.1) is 0 Å². The van der Waals surface area contributed by atoms with E-state index in [1.807, 2.05) is 31.2 Å². The van der Waals surface area contributed by atoms with Crippen LogP contribution >= 0.6 is 0 Å². The molecule has 0 aliphatic heterocycles. The van der Waals surface area contributed by atoms with Crippen molar-refractivity contribution in [3.8, 4) is 17.0 Å². The SMILES string of the molecule is CCOCCNC(=O)c1cn2cc(-c3ccc(OC)cc3)n(C)c(=O)c2n1. The Bertz CT molecular complexity index is 1000. The fourth-order valence-corrected chi connectivity index (χ4v) is 2.74. The third kappa shape index (κ3) is 3.85. The maximum Gasteiger partial charge on any atom is 0.294 e. The quantitative estimate of drug-likeness (QED) is 0.637. The van der Waals surface area contributed by atoms with Gasteiger partial charge in [-0.2, -0.15) is 0 Å². The molecule has 3 rings (SSSR count). The molecule has 142 valence electrons. The number of carbonyl (C=O) groups excluding carboxylic acids is 1. The Labute approximate surface area is 156 Å². The predicted octanol–water partition coefficient (Wildman–Crippen LogP) is 1.47. The highest BCUT2D eigenvalue weighted by Gasteiger charge is 2.15. The summed E-state index contributed by atoms with van der Waals surface area (Å²) in [6.07, 6.45) is 3.34. The van der Waals surface area contributed by atoms with Crippen LogP contribution in [0.2, 0.25) is 0 Å².